The van der Waals surface area contributed by atoms with Crippen molar-refractivity contribution in [3.8, 4) is 5.75 Å². The van der Waals surface area contributed by atoms with Gasteiger partial charge in [0.05, 0.1) is 7.11 Å². The van der Waals surface area contributed by atoms with Crippen LogP contribution in [0.4, 0.5) is 0 Å². The number of hydrogen-bond acceptors (Lipinski definition) is 4. The Morgan fingerprint density at radius 1 is 1.32 bits per heavy atom. The van der Waals surface area contributed by atoms with Crippen molar-refractivity contribution in [3.63, 3.8) is 0 Å². The van der Waals surface area contributed by atoms with E-state index in [9.17, 15) is 4.79 Å². The van der Waals surface area contributed by atoms with Crippen LogP contribution in [0.2, 0.25) is 5.02 Å². The Morgan fingerprint density at radius 3 is 2.55 bits per heavy atom. The summed E-state index contributed by atoms with van der Waals surface area (Å²) in [6.45, 7) is 7.42. The van der Waals surface area contributed by atoms with Gasteiger partial charge in [0.1, 0.15) is 16.9 Å². The number of ether oxygens (including phenoxy) is 2. The van der Waals surface area contributed by atoms with Crippen LogP contribution in [0, 0.1) is 0 Å². The average molecular weight is 326 g/mol. The molecule has 0 aliphatic carbocycles. The maximum Gasteiger partial charge on any atom is 0.325 e. The molecule has 1 saturated heterocycles. The molecule has 0 N–H and O–H groups in total. The van der Waals surface area contributed by atoms with Crippen molar-refractivity contribution < 1.29 is 14.3 Å². The van der Waals surface area contributed by atoms with E-state index in [1.807, 2.05) is 38.1 Å². The van der Waals surface area contributed by atoms with E-state index in [2.05, 4.69) is 11.8 Å². The van der Waals surface area contributed by atoms with E-state index in [0.717, 1.165) is 25.1 Å². The smallest absolute Gasteiger partial charge is 0.325 e. The first-order valence-corrected chi connectivity index (χ1v) is 7.93. The number of benzene rings is 1. The second-order valence-corrected chi connectivity index (χ2v) is 7.02. The molecule has 0 saturated carbocycles. The highest BCUT2D eigenvalue weighted by atomic mass is 35.5. The first-order valence-electron chi connectivity index (χ1n) is 7.55. The highest BCUT2D eigenvalue weighted by molar-refractivity contribution is 6.30. The molecular weight excluding hydrogens is 302 g/mol. The van der Waals surface area contributed by atoms with E-state index in [1.165, 1.54) is 7.11 Å². The van der Waals surface area contributed by atoms with Crippen molar-refractivity contribution in [2.75, 3.05) is 20.2 Å². The van der Waals surface area contributed by atoms with Crippen LogP contribution >= 0.6 is 11.6 Å². The highest BCUT2D eigenvalue weighted by Crippen LogP contribution is 2.31. The van der Waals surface area contributed by atoms with Gasteiger partial charge in [-0.25, -0.2) is 0 Å². The predicted molar refractivity (Wildman–Crippen MR) is 87.4 cm³/mol. The van der Waals surface area contributed by atoms with E-state index >= 15 is 0 Å². The number of rotatable bonds is 4. The summed E-state index contributed by atoms with van der Waals surface area (Å²) in [4.78, 5) is 14.2. The van der Waals surface area contributed by atoms with Crippen LogP contribution < -0.4 is 4.74 Å². The number of nitrogens with zero attached hydrogens (tertiary/aromatic N) is 1. The second kappa shape index (κ2) is 6.47. The Hall–Kier alpha value is -1.26. The largest absolute Gasteiger partial charge is 0.486 e. The van der Waals surface area contributed by atoms with Crippen molar-refractivity contribution in [1.29, 1.82) is 0 Å². The third-order valence-corrected chi connectivity index (χ3v) is 4.56. The Bertz CT molecular complexity index is 529. The van der Waals surface area contributed by atoms with Crippen LogP contribution in [0.25, 0.3) is 0 Å². The Balaban J connectivity index is 2.11. The maximum atomic E-state index is 12.0. The van der Waals surface area contributed by atoms with Crippen LogP contribution in [-0.2, 0) is 9.53 Å². The quantitative estimate of drug-likeness (QED) is 0.794. The molecule has 0 aromatic heterocycles. The minimum absolute atomic E-state index is 0.219. The minimum Gasteiger partial charge on any atom is -0.486 e. The summed E-state index contributed by atoms with van der Waals surface area (Å²) in [7, 11) is 1.43. The van der Waals surface area contributed by atoms with Crippen LogP contribution in [0.15, 0.2) is 24.3 Å². The van der Waals surface area contributed by atoms with E-state index < -0.39 is 5.54 Å². The van der Waals surface area contributed by atoms with Gasteiger partial charge < -0.3 is 9.47 Å². The van der Waals surface area contributed by atoms with Gasteiger partial charge in [0.2, 0.25) is 0 Å². The monoisotopic (exact) mass is 325 g/mol. The van der Waals surface area contributed by atoms with Gasteiger partial charge in [0.25, 0.3) is 0 Å². The van der Waals surface area contributed by atoms with E-state index in [4.69, 9.17) is 21.1 Å². The third-order valence-electron chi connectivity index (χ3n) is 4.31. The fourth-order valence-electron chi connectivity index (χ4n) is 2.93. The lowest BCUT2D eigenvalue weighted by Gasteiger charge is -2.46. The molecule has 1 atom stereocenters. The van der Waals surface area contributed by atoms with Crippen molar-refractivity contribution in [3.05, 3.63) is 29.3 Å². The number of carbonyl (C=O) groups is 1. The number of hydrogen-bond donors (Lipinski definition) is 0. The number of piperidine rings is 1. The molecule has 0 spiro atoms. The number of esters is 1. The zero-order chi connectivity index (χ0) is 16.4. The van der Waals surface area contributed by atoms with Gasteiger partial charge in [-0.05, 0) is 64.4 Å². The summed E-state index contributed by atoms with van der Waals surface area (Å²) in [5, 5.41) is 0.689. The molecule has 0 bridgehead atoms. The summed E-state index contributed by atoms with van der Waals surface area (Å²) in [5.41, 5.74) is -0.989. The molecule has 1 aromatic rings. The van der Waals surface area contributed by atoms with Gasteiger partial charge in [-0.15, -0.1) is 0 Å². The fraction of sp³-hybridized carbons (Fsp3) is 0.588. The number of methoxy groups -OCH3 is 1. The lowest BCUT2D eigenvalue weighted by atomic mass is 9.90. The molecule has 122 valence electrons. The molecule has 22 heavy (non-hydrogen) atoms. The summed E-state index contributed by atoms with van der Waals surface area (Å²) in [6, 6.07) is 7.38. The van der Waals surface area contributed by atoms with Gasteiger partial charge in [-0.3, -0.25) is 9.69 Å². The summed E-state index contributed by atoms with van der Waals surface area (Å²) in [6.07, 6.45) is 1.92. The Morgan fingerprint density at radius 2 is 1.95 bits per heavy atom. The number of likely N-dealkylation sites (tertiary alicyclic amines) is 1. The zero-order valence-electron chi connectivity index (χ0n) is 13.7. The van der Waals surface area contributed by atoms with Gasteiger partial charge in [-0.1, -0.05) is 11.6 Å². The molecule has 1 fully saturated rings. The van der Waals surface area contributed by atoms with Gasteiger partial charge in [0.15, 0.2) is 0 Å². The number of halogens is 1. The van der Waals surface area contributed by atoms with E-state index in [-0.39, 0.29) is 11.6 Å². The first-order chi connectivity index (χ1) is 10.3. The number of carbonyl (C=O) groups excluding carboxylic acids is 1. The fourth-order valence-corrected chi connectivity index (χ4v) is 3.06. The lowest BCUT2D eigenvalue weighted by Crippen LogP contribution is -2.59. The Labute approximate surface area is 137 Å². The summed E-state index contributed by atoms with van der Waals surface area (Å²) in [5.74, 6) is 0.577. The molecule has 1 aliphatic rings. The lowest BCUT2D eigenvalue weighted by molar-refractivity contribution is -0.156. The molecule has 4 nitrogen and oxygen atoms in total. The molecular formula is C17H24ClNO3. The average Bonchev–Trinajstić information content (AvgIpc) is 2.48. The van der Waals surface area contributed by atoms with Gasteiger partial charge >= 0.3 is 5.97 Å². The zero-order valence-corrected chi connectivity index (χ0v) is 14.4. The molecule has 1 aromatic carbocycles. The standard InChI is InChI=1S/C17H24ClNO3/c1-16(2,15(20)21-4)19-11-5-10-17(3,12-19)22-14-8-6-13(18)7-9-14/h6-9H,5,10-12H2,1-4H3. The van der Waals surface area contributed by atoms with Crippen LogP contribution in [0.3, 0.4) is 0 Å². The molecule has 0 radical (unpaired) electrons. The van der Waals surface area contributed by atoms with E-state index in [1.54, 1.807) is 0 Å². The molecule has 0 amide bonds. The third kappa shape index (κ3) is 3.73. The van der Waals surface area contributed by atoms with E-state index in [0.29, 0.717) is 11.6 Å². The molecule has 1 aliphatic heterocycles. The summed E-state index contributed by atoms with van der Waals surface area (Å²) < 4.78 is 11.1. The van der Waals surface area contributed by atoms with Crippen LogP contribution in [-0.4, -0.2) is 42.2 Å². The summed E-state index contributed by atoms with van der Waals surface area (Å²) >= 11 is 5.91. The highest BCUT2D eigenvalue weighted by Gasteiger charge is 2.43. The van der Waals surface area contributed by atoms with Gasteiger partial charge in [-0.2, -0.15) is 0 Å². The normalized spacial score (nSPS) is 23.1. The van der Waals surface area contributed by atoms with Crippen molar-refractivity contribution in [2.45, 2.75) is 44.8 Å². The Kier molecular flexibility index (Phi) is 5.03. The second-order valence-electron chi connectivity index (χ2n) is 6.58. The predicted octanol–water partition coefficient (Wildman–Crippen LogP) is 3.52. The van der Waals surface area contributed by atoms with Crippen molar-refractivity contribution in [2.24, 2.45) is 0 Å². The van der Waals surface area contributed by atoms with Crippen molar-refractivity contribution in [1.82, 2.24) is 4.90 Å². The minimum atomic E-state index is -0.653. The maximum absolute atomic E-state index is 12.0. The van der Waals surface area contributed by atoms with Crippen molar-refractivity contribution >= 4 is 17.6 Å². The molecule has 1 heterocycles. The van der Waals surface area contributed by atoms with Crippen LogP contribution in [0.1, 0.15) is 33.6 Å². The molecule has 1 unspecified atom stereocenters. The first kappa shape index (κ1) is 17.1. The molecule has 2 rings (SSSR count). The van der Waals surface area contributed by atoms with Crippen LogP contribution in [0.5, 0.6) is 5.75 Å². The SMILES string of the molecule is COC(=O)C(C)(C)N1CCCC(C)(Oc2ccc(Cl)cc2)C1. The molecule has 5 heteroatoms. The topological polar surface area (TPSA) is 38.8 Å². The van der Waals surface area contributed by atoms with Gasteiger partial charge in [0, 0.05) is 11.6 Å².